The fourth-order valence-electron chi connectivity index (χ4n) is 2.74. The van der Waals surface area contributed by atoms with Crippen molar-refractivity contribution in [3.05, 3.63) is 51.3 Å². The number of fused-ring (bicyclic) bond motifs is 1. The Morgan fingerprint density at radius 2 is 1.97 bits per heavy atom. The van der Waals surface area contributed by atoms with Crippen LogP contribution in [0.1, 0.15) is 32.3 Å². The molecule has 1 N–H and O–H groups in total. The standard InChI is InChI=1S/C20H23F3N4O3S2/c1-5-31(28)14(7-13(3)8-15(11-24)32(29,30)6-2)9-19-26-16-10-18(20(21,22)23)25-12-17(16)27(19)4/h7-12,24H,5-6H2,1-4H3/b13-7+,14-9-,15-8+,24-11?. The molecule has 0 fully saturated rings. The number of nitrogens with zero attached hydrogens (tertiary/aromatic N) is 3. The number of imidazole rings is 1. The van der Waals surface area contributed by atoms with Gasteiger partial charge in [0, 0.05) is 19.3 Å². The Labute approximate surface area is 187 Å². The Bertz CT molecular complexity index is 1210. The number of hydrogen-bond acceptors (Lipinski definition) is 6. The van der Waals surface area contributed by atoms with Crippen molar-refractivity contribution < 1.29 is 26.1 Å². The summed E-state index contributed by atoms with van der Waals surface area (Å²) in [7, 11) is -2.00. The van der Waals surface area contributed by atoms with Crippen molar-refractivity contribution in [2.45, 2.75) is 26.9 Å². The molecule has 0 saturated heterocycles. The Morgan fingerprint density at radius 3 is 2.50 bits per heavy atom. The first kappa shape index (κ1) is 25.8. The lowest BCUT2D eigenvalue weighted by atomic mass is 10.2. The number of pyridine rings is 1. The third-order valence-corrected chi connectivity index (χ3v) is 7.51. The fourth-order valence-corrected chi connectivity index (χ4v) is 4.50. The third kappa shape index (κ3) is 5.87. The monoisotopic (exact) mass is 488 g/mol. The van der Waals surface area contributed by atoms with Gasteiger partial charge in [-0.2, -0.15) is 13.2 Å². The van der Waals surface area contributed by atoms with E-state index in [1.54, 1.807) is 20.9 Å². The number of alkyl halides is 3. The zero-order valence-corrected chi connectivity index (χ0v) is 19.5. The van der Waals surface area contributed by atoms with Crippen molar-refractivity contribution in [3.8, 4) is 0 Å². The van der Waals surface area contributed by atoms with Gasteiger partial charge < -0.3 is 14.5 Å². The van der Waals surface area contributed by atoms with Gasteiger partial charge in [-0.25, -0.2) is 18.4 Å². The molecule has 32 heavy (non-hydrogen) atoms. The van der Waals surface area contributed by atoms with Crippen LogP contribution in [0.2, 0.25) is 0 Å². The molecular formula is C20H23F3N4O3S2. The molecule has 2 aromatic rings. The van der Waals surface area contributed by atoms with Crippen LogP contribution in [0.25, 0.3) is 17.1 Å². The van der Waals surface area contributed by atoms with Crippen molar-refractivity contribution in [2.75, 3.05) is 11.5 Å². The maximum atomic E-state index is 13.0. The number of hydrogen-bond donors (Lipinski definition) is 1. The second-order valence-electron chi connectivity index (χ2n) is 6.75. The quantitative estimate of drug-likeness (QED) is 0.343. The molecule has 0 spiro atoms. The van der Waals surface area contributed by atoms with E-state index in [2.05, 4.69) is 9.97 Å². The molecule has 0 aromatic carbocycles. The van der Waals surface area contributed by atoms with Crippen molar-refractivity contribution in [1.29, 1.82) is 5.41 Å². The molecule has 0 aliphatic carbocycles. The van der Waals surface area contributed by atoms with Gasteiger partial charge in [0.05, 0.1) is 27.9 Å². The van der Waals surface area contributed by atoms with E-state index in [0.717, 1.165) is 18.5 Å². The van der Waals surface area contributed by atoms with Gasteiger partial charge in [-0.05, 0) is 48.8 Å². The maximum Gasteiger partial charge on any atom is 0.433 e. The van der Waals surface area contributed by atoms with Gasteiger partial charge in [0.15, 0.2) is 14.7 Å². The lowest BCUT2D eigenvalue weighted by Gasteiger charge is -2.10. The third-order valence-electron chi connectivity index (χ3n) is 4.51. The number of halogens is 3. The van der Waals surface area contributed by atoms with E-state index >= 15 is 0 Å². The summed E-state index contributed by atoms with van der Waals surface area (Å²) in [5.74, 6) is 0.353. The molecule has 1 atom stereocenters. The van der Waals surface area contributed by atoms with E-state index in [9.17, 15) is 26.1 Å². The highest BCUT2D eigenvalue weighted by molar-refractivity contribution is 7.96. The van der Waals surface area contributed by atoms with Gasteiger partial charge in [0.1, 0.15) is 17.3 Å². The highest BCUT2D eigenvalue weighted by atomic mass is 32.2. The van der Waals surface area contributed by atoms with Crippen LogP contribution in [-0.4, -0.2) is 45.2 Å². The molecule has 0 saturated carbocycles. The van der Waals surface area contributed by atoms with Gasteiger partial charge >= 0.3 is 6.18 Å². The molecule has 1 unspecified atom stereocenters. The molecule has 2 aromatic heterocycles. The van der Waals surface area contributed by atoms with Crippen LogP contribution in [0.5, 0.6) is 0 Å². The average molecular weight is 489 g/mol. The largest absolute Gasteiger partial charge is 0.611 e. The molecule has 0 amide bonds. The summed E-state index contributed by atoms with van der Waals surface area (Å²) in [4.78, 5) is 7.79. The van der Waals surface area contributed by atoms with Gasteiger partial charge in [0.25, 0.3) is 0 Å². The summed E-state index contributed by atoms with van der Waals surface area (Å²) in [6, 6.07) is 0.846. The van der Waals surface area contributed by atoms with Gasteiger partial charge in [0.2, 0.25) is 0 Å². The van der Waals surface area contributed by atoms with E-state index in [1.807, 2.05) is 0 Å². The van der Waals surface area contributed by atoms with Crippen LogP contribution in [0, 0.1) is 5.41 Å². The van der Waals surface area contributed by atoms with Crippen molar-refractivity contribution in [3.63, 3.8) is 0 Å². The number of rotatable bonds is 8. The highest BCUT2D eigenvalue weighted by Crippen LogP contribution is 2.30. The Balaban J connectivity index is 2.59. The second-order valence-corrected chi connectivity index (χ2v) is 10.8. The zero-order chi connectivity index (χ0) is 24.3. The van der Waals surface area contributed by atoms with E-state index in [-0.39, 0.29) is 27.8 Å². The lowest BCUT2D eigenvalue weighted by Crippen LogP contribution is -2.08. The minimum atomic E-state index is -4.60. The van der Waals surface area contributed by atoms with E-state index < -0.39 is 32.9 Å². The summed E-state index contributed by atoms with van der Waals surface area (Å²) in [6.45, 7) is 4.76. The lowest BCUT2D eigenvalue weighted by molar-refractivity contribution is -0.141. The smallest absolute Gasteiger partial charge is 0.433 e. The summed E-state index contributed by atoms with van der Waals surface area (Å²) in [6.07, 6.45) is 1.51. The SMILES string of the molecule is CC[S+]([O-])C(=C\c1nc2cc(C(F)(F)F)ncc2n1C)/C=C(C)/C=C(\C=N)S(=O)(=O)CC. The van der Waals surface area contributed by atoms with Crippen LogP contribution in [0.4, 0.5) is 13.2 Å². The molecule has 12 heteroatoms. The molecule has 0 aliphatic heterocycles. The fraction of sp³-hybridized carbons (Fsp3) is 0.350. The Kier molecular flexibility index (Phi) is 8.07. The predicted molar refractivity (Wildman–Crippen MR) is 120 cm³/mol. The molecule has 0 aliphatic rings. The first-order chi connectivity index (χ1) is 14.8. The molecule has 0 radical (unpaired) electrons. The molecular weight excluding hydrogens is 465 g/mol. The molecule has 2 heterocycles. The topological polar surface area (TPSA) is 112 Å². The number of aryl methyl sites for hydroxylation is 1. The summed E-state index contributed by atoms with van der Waals surface area (Å²) in [5, 5.41) is 7.37. The average Bonchev–Trinajstić information content (AvgIpc) is 3.04. The Hall–Kier alpha value is -2.44. The molecule has 2 rings (SSSR count). The van der Waals surface area contributed by atoms with Gasteiger partial charge in [-0.1, -0.05) is 6.92 Å². The van der Waals surface area contributed by atoms with Crippen LogP contribution in [-0.2, 0) is 34.2 Å². The number of nitrogens with one attached hydrogen (secondary N) is 1. The van der Waals surface area contributed by atoms with Crippen LogP contribution < -0.4 is 0 Å². The zero-order valence-electron chi connectivity index (χ0n) is 17.9. The van der Waals surface area contributed by atoms with Crippen molar-refractivity contribution in [1.82, 2.24) is 14.5 Å². The minimum Gasteiger partial charge on any atom is -0.611 e. The summed E-state index contributed by atoms with van der Waals surface area (Å²) >= 11 is -1.47. The van der Waals surface area contributed by atoms with Gasteiger partial charge in [-0.15, -0.1) is 0 Å². The molecule has 174 valence electrons. The van der Waals surface area contributed by atoms with Crippen molar-refractivity contribution in [2.24, 2.45) is 7.05 Å². The highest BCUT2D eigenvalue weighted by Gasteiger charge is 2.33. The first-order valence-electron chi connectivity index (χ1n) is 9.47. The van der Waals surface area contributed by atoms with Crippen LogP contribution in [0.3, 0.4) is 0 Å². The van der Waals surface area contributed by atoms with Gasteiger partial charge in [-0.3, -0.25) is 0 Å². The summed E-state index contributed by atoms with van der Waals surface area (Å²) < 4.78 is 77.1. The molecule has 7 nitrogen and oxygen atoms in total. The number of sulfone groups is 1. The number of allylic oxidation sites excluding steroid dienone is 4. The number of aromatic nitrogens is 3. The summed E-state index contributed by atoms with van der Waals surface area (Å²) in [5.41, 5.74) is -0.170. The van der Waals surface area contributed by atoms with Crippen molar-refractivity contribution >= 4 is 44.3 Å². The van der Waals surface area contributed by atoms with E-state index in [4.69, 9.17) is 5.41 Å². The van der Waals surface area contributed by atoms with Crippen LogP contribution >= 0.6 is 0 Å². The van der Waals surface area contributed by atoms with E-state index in [0.29, 0.717) is 16.0 Å². The molecule has 0 bridgehead atoms. The normalized spacial score (nSPS) is 15.3. The maximum absolute atomic E-state index is 13.0. The second kappa shape index (κ2) is 10.0. The Morgan fingerprint density at radius 1 is 1.31 bits per heavy atom. The van der Waals surface area contributed by atoms with E-state index in [1.165, 1.54) is 29.7 Å². The first-order valence-corrected chi connectivity index (χ1v) is 12.4. The van der Waals surface area contributed by atoms with Crippen LogP contribution in [0.15, 0.2) is 39.8 Å². The minimum absolute atomic E-state index is 0.0865. The predicted octanol–water partition coefficient (Wildman–Crippen LogP) is 4.01.